The fourth-order valence-corrected chi connectivity index (χ4v) is 1.69. The summed E-state index contributed by atoms with van der Waals surface area (Å²) >= 11 is 0. The highest BCUT2D eigenvalue weighted by atomic mass is 16.7. The minimum Gasteiger partial charge on any atom is -0.380 e. The quantitative estimate of drug-likeness (QED) is 0.619. The summed E-state index contributed by atoms with van der Waals surface area (Å²) in [5.41, 5.74) is 0. The van der Waals surface area contributed by atoms with Crippen molar-refractivity contribution in [3.05, 3.63) is 0 Å². The van der Waals surface area contributed by atoms with E-state index < -0.39 is 0 Å². The monoisotopic (exact) mass is 217 g/mol. The molecule has 0 aliphatic carbocycles. The zero-order chi connectivity index (χ0) is 10.9. The van der Waals surface area contributed by atoms with Gasteiger partial charge in [-0.05, 0) is 20.3 Å². The minimum atomic E-state index is -0.0604. The molecule has 1 N–H and O–H groups in total. The maximum atomic E-state index is 5.45. The van der Waals surface area contributed by atoms with Gasteiger partial charge in [0, 0.05) is 38.8 Å². The molecule has 0 aromatic heterocycles. The third-order valence-electron chi connectivity index (χ3n) is 2.45. The van der Waals surface area contributed by atoms with Crippen LogP contribution in [0.15, 0.2) is 0 Å². The number of rotatable bonds is 8. The van der Waals surface area contributed by atoms with Crippen molar-refractivity contribution in [1.82, 2.24) is 5.32 Å². The summed E-state index contributed by atoms with van der Waals surface area (Å²) in [5.74, 6) is 0. The normalized spacial score (nSPS) is 21.4. The molecule has 90 valence electrons. The third-order valence-corrected chi connectivity index (χ3v) is 2.45. The van der Waals surface area contributed by atoms with Crippen LogP contribution in [0.3, 0.4) is 0 Å². The fraction of sp³-hybridized carbons (Fsp3) is 1.00. The van der Waals surface area contributed by atoms with Crippen molar-refractivity contribution in [1.29, 1.82) is 0 Å². The van der Waals surface area contributed by atoms with Gasteiger partial charge in [-0.3, -0.25) is 0 Å². The van der Waals surface area contributed by atoms with Crippen LogP contribution in [0.4, 0.5) is 0 Å². The Labute approximate surface area is 92.3 Å². The third kappa shape index (κ3) is 5.47. The van der Waals surface area contributed by atoms with Gasteiger partial charge >= 0.3 is 0 Å². The van der Waals surface area contributed by atoms with Crippen LogP contribution in [0.1, 0.15) is 26.7 Å². The smallest absolute Gasteiger partial charge is 0.158 e. The summed E-state index contributed by atoms with van der Waals surface area (Å²) in [6.07, 6.45) is 1.96. The Bertz CT molecular complexity index is 143. The second-order valence-corrected chi connectivity index (χ2v) is 3.64. The van der Waals surface area contributed by atoms with Crippen molar-refractivity contribution in [3.8, 4) is 0 Å². The molecule has 0 radical (unpaired) electrons. The number of hydrogen-bond donors (Lipinski definition) is 1. The van der Waals surface area contributed by atoms with E-state index in [0.717, 1.165) is 32.6 Å². The summed E-state index contributed by atoms with van der Waals surface area (Å²) in [7, 11) is 0. The first-order valence-corrected chi connectivity index (χ1v) is 5.91. The second kappa shape index (κ2) is 8.05. The van der Waals surface area contributed by atoms with Crippen molar-refractivity contribution in [2.75, 3.05) is 33.0 Å². The lowest BCUT2D eigenvalue weighted by Gasteiger charge is -2.18. The van der Waals surface area contributed by atoms with Crippen molar-refractivity contribution in [2.24, 2.45) is 0 Å². The Morgan fingerprint density at radius 2 is 2.07 bits per heavy atom. The maximum absolute atomic E-state index is 5.45. The van der Waals surface area contributed by atoms with Crippen LogP contribution in [0.2, 0.25) is 0 Å². The molecule has 4 heteroatoms. The molecule has 1 fully saturated rings. The molecule has 4 nitrogen and oxygen atoms in total. The predicted octanol–water partition coefficient (Wildman–Crippen LogP) is 1.15. The van der Waals surface area contributed by atoms with Crippen LogP contribution in [0.5, 0.6) is 0 Å². The highest BCUT2D eigenvalue weighted by Gasteiger charge is 2.15. The predicted molar refractivity (Wildman–Crippen MR) is 58.9 cm³/mol. The average molecular weight is 217 g/mol. The molecule has 1 atom stereocenters. The number of hydrogen-bond acceptors (Lipinski definition) is 4. The summed E-state index contributed by atoms with van der Waals surface area (Å²) in [6.45, 7) is 8.05. The summed E-state index contributed by atoms with van der Waals surface area (Å²) in [4.78, 5) is 0. The van der Waals surface area contributed by atoms with Crippen molar-refractivity contribution in [3.63, 3.8) is 0 Å². The Kier molecular flexibility index (Phi) is 6.92. The highest BCUT2D eigenvalue weighted by Crippen LogP contribution is 2.05. The van der Waals surface area contributed by atoms with Crippen LogP contribution < -0.4 is 5.32 Å². The maximum Gasteiger partial charge on any atom is 0.158 e. The number of ether oxygens (including phenoxy) is 3. The molecular formula is C11H23NO3. The first kappa shape index (κ1) is 12.9. The van der Waals surface area contributed by atoms with Crippen molar-refractivity contribution >= 4 is 0 Å². The molecule has 0 bridgehead atoms. The van der Waals surface area contributed by atoms with Crippen LogP contribution in [0, 0.1) is 0 Å². The molecule has 0 saturated carbocycles. The van der Waals surface area contributed by atoms with E-state index in [4.69, 9.17) is 14.2 Å². The van der Waals surface area contributed by atoms with Gasteiger partial charge in [0.2, 0.25) is 0 Å². The lowest BCUT2D eigenvalue weighted by Crippen LogP contribution is -2.33. The lowest BCUT2D eigenvalue weighted by atomic mass is 10.2. The molecule has 0 amide bonds. The van der Waals surface area contributed by atoms with Crippen LogP contribution >= 0.6 is 0 Å². The highest BCUT2D eigenvalue weighted by molar-refractivity contribution is 4.70. The van der Waals surface area contributed by atoms with Gasteiger partial charge in [-0.25, -0.2) is 0 Å². The van der Waals surface area contributed by atoms with Crippen LogP contribution in [0.25, 0.3) is 0 Å². The van der Waals surface area contributed by atoms with Gasteiger partial charge < -0.3 is 19.5 Å². The van der Waals surface area contributed by atoms with Crippen LogP contribution in [-0.2, 0) is 14.2 Å². The van der Waals surface area contributed by atoms with Gasteiger partial charge in [0.15, 0.2) is 6.29 Å². The standard InChI is InChI=1S/C11H23NO3/c1-3-14-11(15-4-2)5-7-12-10-6-8-13-9-10/h10-12H,3-9H2,1-2H3. The topological polar surface area (TPSA) is 39.7 Å². The van der Waals surface area contributed by atoms with E-state index in [1.807, 2.05) is 13.8 Å². The zero-order valence-corrected chi connectivity index (χ0v) is 9.83. The molecule has 15 heavy (non-hydrogen) atoms. The Morgan fingerprint density at radius 3 is 2.60 bits per heavy atom. The first-order chi connectivity index (χ1) is 7.36. The molecule has 1 saturated heterocycles. The van der Waals surface area contributed by atoms with Gasteiger partial charge in [0.1, 0.15) is 0 Å². The Morgan fingerprint density at radius 1 is 1.33 bits per heavy atom. The zero-order valence-electron chi connectivity index (χ0n) is 9.83. The van der Waals surface area contributed by atoms with Gasteiger partial charge in [-0.2, -0.15) is 0 Å². The molecule has 0 spiro atoms. The molecule has 0 aromatic rings. The van der Waals surface area contributed by atoms with E-state index in [-0.39, 0.29) is 6.29 Å². The molecular weight excluding hydrogens is 194 g/mol. The van der Waals surface area contributed by atoms with Crippen molar-refractivity contribution < 1.29 is 14.2 Å². The molecule has 1 rings (SSSR count). The molecule has 0 aromatic carbocycles. The van der Waals surface area contributed by atoms with E-state index in [0.29, 0.717) is 19.3 Å². The average Bonchev–Trinajstić information content (AvgIpc) is 2.71. The molecule has 1 aliphatic rings. The van der Waals surface area contributed by atoms with E-state index in [9.17, 15) is 0 Å². The van der Waals surface area contributed by atoms with Gasteiger partial charge in [0.05, 0.1) is 6.61 Å². The van der Waals surface area contributed by atoms with E-state index in [2.05, 4.69) is 5.32 Å². The van der Waals surface area contributed by atoms with E-state index in [1.54, 1.807) is 0 Å². The Hall–Kier alpha value is -0.160. The minimum absolute atomic E-state index is 0.0604. The van der Waals surface area contributed by atoms with Crippen LogP contribution in [-0.4, -0.2) is 45.3 Å². The fourth-order valence-electron chi connectivity index (χ4n) is 1.69. The molecule has 1 heterocycles. The summed E-state index contributed by atoms with van der Waals surface area (Å²) < 4.78 is 16.2. The summed E-state index contributed by atoms with van der Waals surface area (Å²) in [5, 5.41) is 3.44. The van der Waals surface area contributed by atoms with E-state index in [1.165, 1.54) is 0 Å². The SMILES string of the molecule is CCOC(CCNC1CCOC1)OCC. The summed E-state index contributed by atoms with van der Waals surface area (Å²) in [6, 6.07) is 0.522. The first-order valence-electron chi connectivity index (χ1n) is 5.91. The second-order valence-electron chi connectivity index (χ2n) is 3.64. The van der Waals surface area contributed by atoms with Gasteiger partial charge in [-0.1, -0.05) is 0 Å². The largest absolute Gasteiger partial charge is 0.380 e. The van der Waals surface area contributed by atoms with E-state index >= 15 is 0 Å². The van der Waals surface area contributed by atoms with Gasteiger partial charge in [-0.15, -0.1) is 0 Å². The lowest BCUT2D eigenvalue weighted by molar-refractivity contribution is -0.138. The molecule has 1 unspecified atom stereocenters. The Balaban J connectivity index is 2.04. The van der Waals surface area contributed by atoms with Gasteiger partial charge in [0.25, 0.3) is 0 Å². The van der Waals surface area contributed by atoms with Crippen molar-refractivity contribution in [2.45, 2.75) is 39.0 Å². The number of nitrogens with one attached hydrogen (secondary N) is 1. The molecule has 1 aliphatic heterocycles.